The van der Waals surface area contributed by atoms with Crippen LogP contribution in [0.25, 0.3) is 0 Å². The number of methoxy groups -OCH3 is 2. The maximum Gasteiger partial charge on any atom is 0.162 e. The predicted octanol–water partition coefficient (Wildman–Crippen LogP) is 2.18. The summed E-state index contributed by atoms with van der Waals surface area (Å²) in [5.74, 6) is 1.83. The van der Waals surface area contributed by atoms with E-state index in [9.17, 15) is 4.79 Å². The van der Waals surface area contributed by atoms with E-state index in [2.05, 4.69) is 4.90 Å². The molecule has 0 atom stereocenters. The Hall–Kier alpha value is -1.71. The Bertz CT molecular complexity index is 447. The number of ether oxygens (including phenoxy) is 2. The second-order valence-corrected chi connectivity index (χ2v) is 4.52. The Balaban J connectivity index is 2.30. The van der Waals surface area contributed by atoms with Crippen molar-refractivity contribution in [2.24, 2.45) is 0 Å². The molecule has 2 rings (SSSR count). The summed E-state index contributed by atoms with van der Waals surface area (Å²) in [4.78, 5) is 13.5. The lowest BCUT2D eigenvalue weighted by Gasteiger charge is -2.30. The zero-order valence-electron chi connectivity index (χ0n) is 11.2. The van der Waals surface area contributed by atoms with Gasteiger partial charge in [0, 0.05) is 37.7 Å². The van der Waals surface area contributed by atoms with Crippen molar-refractivity contribution in [1.29, 1.82) is 0 Å². The molecule has 1 aromatic carbocycles. The van der Waals surface area contributed by atoms with Crippen molar-refractivity contribution >= 4 is 11.5 Å². The van der Waals surface area contributed by atoms with Crippen molar-refractivity contribution in [3.63, 3.8) is 0 Å². The second-order valence-electron chi connectivity index (χ2n) is 4.52. The third kappa shape index (κ3) is 2.42. The summed E-state index contributed by atoms with van der Waals surface area (Å²) in [6.45, 7) is 3.62. The van der Waals surface area contributed by atoms with Gasteiger partial charge in [0.05, 0.1) is 14.2 Å². The van der Waals surface area contributed by atoms with Crippen molar-refractivity contribution in [3.8, 4) is 11.5 Å². The van der Waals surface area contributed by atoms with E-state index in [4.69, 9.17) is 9.47 Å². The average molecular weight is 249 g/mol. The van der Waals surface area contributed by atoms with Gasteiger partial charge in [-0.2, -0.15) is 0 Å². The first-order valence-corrected chi connectivity index (χ1v) is 6.15. The molecular weight excluding hydrogens is 230 g/mol. The van der Waals surface area contributed by atoms with E-state index >= 15 is 0 Å². The monoisotopic (exact) mass is 249 g/mol. The summed E-state index contributed by atoms with van der Waals surface area (Å²) in [5, 5.41) is 0. The fraction of sp³-hybridized carbons (Fsp3) is 0.500. The van der Waals surface area contributed by atoms with Crippen LogP contribution in [-0.2, 0) is 4.79 Å². The van der Waals surface area contributed by atoms with Gasteiger partial charge in [-0.15, -0.1) is 0 Å². The molecule has 0 amide bonds. The molecule has 1 aromatic rings. The number of hydrogen-bond donors (Lipinski definition) is 0. The van der Waals surface area contributed by atoms with E-state index in [1.54, 1.807) is 14.2 Å². The molecule has 0 bridgehead atoms. The number of piperidine rings is 1. The molecule has 0 aliphatic carbocycles. The van der Waals surface area contributed by atoms with Gasteiger partial charge < -0.3 is 14.4 Å². The first-order valence-electron chi connectivity index (χ1n) is 6.15. The molecule has 4 heteroatoms. The van der Waals surface area contributed by atoms with Gasteiger partial charge in [-0.3, -0.25) is 4.79 Å². The maximum absolute atomic E-state index is 11.3. The van der Waals surface area contributed by atoms with Crippen LogP contribution < -0.4 is 14.4 Å². The van der Waals surface area contributed by atoms with Crippen LogP contribution in [0.3, 0.4) is 0 Å². The molecule has 0 radical (unpaired) electrons. The molecule has 0 aromatic heterocycles. The Kier molecular flexibility index (Phi) is 3.75. The van der Waals surface area contributed by atoms with Gasteiger partial charge in [-0.05, 0) is 18.6 Å². The first kappa shape index (κ1) is 12.7. The van der Waals surface area contributed by atoms with Crippen LogP contribution in [0.5, 0.6) is 11.5 Å². The predicted molar refractivity (Wildman–Crippen MR) is 70.7 cm³/mol. The summed E-state index contributed by atoms with van der Waals surface area (Å²) < 4.78 is 10.6. The number of hydrogen-bond acceptors (Lipinski definition) is 4. The lowest BCUT2D eigenvalue weighted by Crippen LogP contribution is -2.34. The van der Waals surface area contributed by atoms with E-state index in [0.29, 0.717) is 18.6 Å². The third-order valence-corrected chi connectivity index (χ3v) is 3.36. The minimum atomic E-state index is 0.351. The lowest BCUT2D eigenvalue weighted by atomic mass is 10.1. The van der Waals surface area contributed by atoms with Crippen LogP contribution in [0.4, 0.5) is 5.69 Å². The molecule has 98 valence electrons. The number of ketones is 1. The average Bonchev–Trinajstić information content (AvgIpc) is 2.39. The van der Waals surface area contributed by atoms with Crippen LogP contribution in [0.2, 0.25) is 0 Å². The lowest BCUT2D eigenvalue weighted by molar-refractivity contribution is -0.119. The van der Waals surface area contributed by atoms with Gasteiger partial charge >= 0.3 is 0 Å². The Morgan fingerprint density at radius 2 is 1.61 bits per heavy atom. The summed E-state index contributed by atoms with van der Waals surface area (Å²) in [6, 6.07) is 3.97. The highest BCUT2D eigenvalue weighted by Crippen LogP contribution is 2.35. The van der Waals surface area contributed by atoms with Crippen molar-refractivity contribution in [3.05, 3.63) is 17.7 Å². The largest absolute Gasteiger partial charge is 0.493 e. The number of anilines is 1. The molecule has 18 heavy (non-hydrogen) atoms. The van der Waals surface area contributed by atoms with E-state index in [-0.39, 0.29) is 0 Å². The van der Waals surface area contributed by atoms with E-state index in [1.165, 1.54) is 0 Å². The van der Waals surface area contributed by atoms with Crippen molar-refractivity contribution < 1.29 is 14.3 Å². The van der Waals surface area contributed by atoms with Gasteiger partial charge in [0.25, 0.3) is 0 Å². The molecule has 0 saturated carbocycles. The number of rotatable bonds is 3. The minimum absolute atomic E-state index is 0.351. The first-order chi connectivity index (χ1) is 8.65. The van der Waals surface area contributed by atoms with Crippen molar-refractivity contribution in [1.82, 2.24) is 0 Å². The standard InChI is InChI=1S/C14H19NO3/c1-10-8-13(17-2)14(18-3)9-12(10)15-6-4-11(16)5-7-15/h8-9H,4-7H2,1-3H3. The molecule has 1 saturated heterocycles. The SMILES string of the molecule is COc1cc(C)c(N2CCC(=O)CC2)cc1OC. The van der Waals surface area contributed by atoms with Crippen LogP contribution in [0.1, 0.15) is 18.4 Å². The summed E-state index contributed by atoms with van der Waals surface area (Å²) >= 11 is 0. The minimum Gasteiger partial charge on any atom is -0.493 e. The normalized spacial score (nSPS) is 15.7. The zero-order valence-corrected chi connectivity index (χ0v) is 11.2. The fourth-order valence-corrected chi connectivity index (χ4v) is 2.31. The third-order valence-electron chi connectivity index (χ3n) is 3.36. The Labute approximate surface area is 107 Å². The molecule has 0 spiro atoms. The van der Waals surface area contributed by atoms with E-state index < -0.39 is 0 Å². The Morgan fingerprint density at radius 3 is 2.17 bits per heavy atom. The van der Waals surface area contributed by atoms with E-state index in [1.807, 2.05) is 19.1 Å². The molecule has 1 aliphatic heterocycles. The number of carbonyl (C=O) groups excluding carboxylic acids is 1. The maximum atomic E-state index is 11.3. The number of carbonyl (C=O) groups is 1. The van der Waals surface area contributed by atoms with E-state index in [0.717, 1.165) is 35.8 Å². The summed E-state index contributed by atoms with van der Waals surface area (Å²) in [7, 11) is 3.27. The fourth-order valence-electron chi connectivity index (χ4n) is 2.31. The number of benzene rings is 1. The van der Waals surface area contributed by atoms with Crippen LogP contribution >= 0.6 is 0 Å². The van der Waals surface area contributed by atoms with Gasteiger partial charge in [-0.25, -0.2) is 0 Å². The zero-order chi connectivity index (χ0) is 13.1. The smallest absolute Gasteiger partial charge is 0.162 e. The van der Waals surface area contributed by atoms with Crippen molar-refractivity contribution in [2.45, 2.75) is 19.8 Å². The quantitative estimate of drug-likeness (QED) is 0.823. The molecule has 1 fully saturated rings. The highest BCUT2D eigenvalue weighted by atomic mass is 16.5. The highest BCUT2D eigenvalue weighted by molar-refractivity contribution is 5.81. The van der Waals surface area contributed by atoms with Crippen molar-refractivity contribution in [2.75, 3.05) is 32.2 Å². The number of nitrogens with zero attached hydrogens (tertiary/aromatic N) is 1. The van der Waals surface area contributed by atoms with Gasteiger partial charge in [0.1, 0.15) is 5.78 Å². The molecular formula is C14H19NO3. The topological polar surface area (TPSA) is 38.8 Å². The van der Waals surface area contributed by atoms with Crippen LogP contribution in [0, 0.1) is 6.92 Å². The van der Waals surface area contributed by atoms with Gasteiger partial charge in [-0.1, -0.05) is 0 Å². The number of Topliss-reactive ketones (excluding diaryl/α,β-unsaturated/α-hetero) is 1. The van der Waals surface area contributed by atoms with Gasteiger partial charge in [0.15, 0.2) is 11.5 Å². The van der Waals surface area contributed by atoms with Crippen LogP contribution in [0.15, 0.2) is 12.1 Å². The second kappa shape index (κ2) is 5.29. The highest BCUT2D eigenvalue weighted by Gasteiger charge is 2.19. The molecule has 1 aliphatic rings. The molecule has 1 heterocycles. The molecule has 0 N–H and O–H groups in total. The number of aryl methyl sites for hydroxylation is 1. The Morgan fingerprint density at radius 1 is 1.06 bits per heavy atom. The van der Waals surface area contributed by atoms with Gasteiger partial charge in [0.2, 0.25) is 0 Å². The van der Waals surface area contributed by atoms with Crippen LogP contribution in [-0.4, -0.2) is 33.1 Å². The molecule has 0 unspecified atom stereocenters. The molecule has 4 nitrogen and oxygen atoms in total. The summed E-state index contributed by atoms with van der Waals surface area (Å²) in [5.41, 5.74) is 2.27. The summed E-state index contributed by atoms with van der Waals surface area (Å²) in [6.07, 6.45) is 1.27.